The van der Waals surface area contributed by atoms with Crippen molar-refractivity contribution in [2.45, 2.75) is 19.4 Å². The Morgan fingerprint density at radius 1 is 1.12 bits per heavy atom. The van der Waals surface area contributed by atoms with Gasteiger partial charge in [0, 0.05) is 37.7 Å². The number of hydrogen-bond acceptors (Lipinski definition) is 5. The summed E-state index contributed by atoms with van der Waals surface area (Å²) in [6, 6.07) is 13.1. The first-order valence-corrected chi connectivity index (χ1v) is 8.95. The second-order valence-electron chi connectivity index (χ2n) is 6.52. The monoisotopic (exact) mass is 370 g/mol. The van der Waals surface area contributed by atoms with E-state index in [1.807, 2.05) is 6.07 Å². The number of benzene rings is 2. The van der Waals surface area contributed by atoms with E-state index in [4.69, 9.17) is 16.1 Å². The number of phenols is 2. The average molecular weight is 371 g/mol. The molecule has 0 unspecified atom stereocenters. The number of fused-ring (bicyclic) bond motifs is 1. The van der Waals surface area contributed by atoms with Gasteiger partial charge in [-0.15, -0.1) is 0 Å². The largest absolute Gasteiger partial charge is 0.507 e. The predicted molar refractivity (Wildman–Crippen MR) is 99.4 cm³/mol. The highest BCUT2D eigenvalue weighted by Gasteiger charge is 2.26. The van der Waals surface area contributed by atoms with Crippen molar-refractivity contribution < 1.29 is 14.7 Å². The molecule has 0 saturated heterocycles. The number of aromatic hydroxyl groups is 2. The Balaban J connectivity index is 1.56. The highest BCUT2D eigenvalue weighted by atomic mass is 35.5. The van der Waals surface area contributed by atoms with Crippen LogP contribution in [0, 0.1) is 0 Å². The lowest BCUT2D eigenvalue weighted by atomic mass is 10.0. The van der Waals surface area contributed by atoms with Crippen LogP contribution in [0.5, 0.6) is 11.5 Å². The number of phenolic OH excluding ortho intramolecular Hbond substituents is 2. The Bertz CT molecular complexity index is 924. The Labute approximate surface area is 156 Å². The van der Waals surface area contributed by atoms with E-state index in [-0.39, 0.29) is 16.5 Å². The molecule has 2 aromatic carbocycles. The van der Waals surface area contributed by atoms with E-state index in [0.29, 0.717) is 17.9 Å². The van der Waals surface area contributed by atoms with Gasteiger partial charge in [-0.3, -0.25) is 4.90 Å². The van der Waals surface area contributed by atoms with Gasteiger partial charge in [0.25, 0.3) is 0 Å². The van der Waals surface area contributed by atoms with Crippen molar-refractivity contribution in [2.75, 3.05) is 13.1 Å². The maximum atomic E-state index is 10.2. The molecule has 2 heterocycles. The summed E-state index contributed by atoms with van der Waals surface area (Å²) in [5.41, 5.74) is 3.65. The summed E-state index contributed by atoms with van der Waals surface area (Å²) in [7, 11) is 0. The van der Waals surface area contributed by atoms with Crippen LogP contribution in [0.1, 0.15) is 16.8 Å². The first-order chi connectivity index (χ1) is 12.6. The molecule has 0 fully saturated rings. The van der Waals surface area contributed by atoms with Crippen LogP contribution >= 0.6 is 11.6 Å². The zero-order valence-electron chi connectivity index (χ0n) is 14.2. The fourth-order valence-electron chi connectivity index (χ4n) is 3.34. The van der Waals surface area contributed by atoms with Crippen LogP contribution in [-0.2, 0) is 19.4 Å². The third kappa shape index (κ3) is 3.28. The number of nitrogens with zero attached hydrogens (tertiary/aromatic N) is 2. The molecule has 5 nitrogen and oxygen atoms in total. The molecule has 0 aliphatic carbocycles. The van der Waals surface area contributed by atoms with Gasteiger partial charge in [-0.25, -0.2) is 0 Å². The lowest BCUT2D eigenvalue weighted by Gasteiger charge is -2.26. The predicted octanol–water partition coefficient (Wildman–Crippen LogP) is 4.01. The fourth-order valence-corrected chi connectivity index (χ4v) is 3.50. The Kier molecular flexibility index (Phi) is 4.57. The first kappa shape index (κ1) is 16.9. The van der Waals surface area contributed by atoms with Crippen LogP contribution in [0.25, 0.3) is 11.3 Å². The highest BCUT2D eigenvalue weighted by molar-refractivity contribution is 6.32. The number of aromatic nitrogens is 1. The molecule has 4 rings (SSSR count). The van der Waals surface area contributed by atoms with Crippen molar-refractivity contribution in [3.63, 3.8) is 0 Å². The lowest BCUT2D eigenvalue weighted by molar-refractivity contribution is 0.256. The van der Waals surface area contributed by atoms with Gasteiger partial charge in [0.15, 0.2) is 5.76 Å². The second kappa shape index (κ2) is 7.02. The van der Waals surface area contributed by atoms with Crippen LogP contribution in [-0.4, -0.2) is 33.4 Å². The highest BCUT2D eigenvalue weighted by Crippen LogP contribution is 2.40. The van der Waals surface area contributed by atoms with Crippen LogP contribution in [0.3, 0.4) is 0 Å². The van der Waals surface area contributed by atoms with Gasteiger partial charge in [0.1, 0.15) is 11.5 Å². The first-order valence-electron chi connectivity index (χ1n) is 8.57. The summed E-state index contributed by atoms with van der Waals surface area (Å²) in [4.78, 5) is 2.36. The maximum Gasteiger partial charge on any atom is 0.175 e. The smallest absolute Gasteiger partial charge is 0.175 e. The molecule has 134 valence electrons. The van der Waals surface area contributed by atoms with Crippen LogP contribution in [0.2, 0.25) is 5.02 Å². The van der Waals surface area contributed by atoms with Crippen LogP contribution < -0.4 is 0 Å². The molecule has 2 N–H and O–H groups in total. The van der Waals surface area contributed by atoms with Crippen molar-refractivity contribution in [3.05, 3.63) is 64.3 Å². The second-order valence-corrected chi connectivity index (χ2v) is 6.93. The van der Waals surface area contributed by atoms with Crippen molar-refractivity contribution in [3.8, 4) is 22.8 Å². The topological polar surface area (TPSA) is 69.7 Å². The van der Waals surface area contributed by atoms with E-state index in [2.05, 4.69) is 34.3 Å². The summed E-state index contributed by atoms with van der Waals surface area (Å²) in [5.74, 6) is 0.279. The molecule has 1 aliphatic rings. The SMILES string of the molecule is Oc1cc(O)c(-c2onc3c2CN(CCc2ccccc2)CC3)cc1Cl. The molecule has 0 amide bonds. The van der Waals surface area contributed by atoms with E-state index in [0.717, 1.165) is 37.2 Å². The minimum absolute atomic E-state index is 0.0766. The van der Waals surface area contributed by atoms with Gasteiger partial charge in [0.05, 0.1) is 16.3 Å². The minimum atomic E-state index is -0.161. The van der Waals surface area contributed by atoms with Crippen molar-refractivity contribution in [1.82, 2.24) is 10.1 Å². The van der Waals surface area contributed by atoms with Gasteiger partial charge in [0.2, 0.25) is 0 Å². The molecule has 1 aromatic heterocycles. The molecular weight excluding hydrogens is 352 g/mol. The normalized spacial score (nSPS) is 14.3. The van der Waals surface area contributed by atoms with Crippen molar-refractivity contribution in [1.29, 1.82) is 0 Å². The molecule has 1 aliphatic heterocycles. The molecule has 0 saturated carbocycles. The molecule has 6 heteroatoms. The van der Waals surface area contributed by atoms with Crippen molar-refractivity contribution in [2.24, 2.45) is 0 Å². The van der Waals surface area contributed by atoms with Gasteiger partial charge >= 0.3 is 0 Å². The lowest BCUT2D eigenvalue weighted by Crippen LogP contribution is -2.32. The molecule has 0 bridgehead atoms. The average Bonchev–Trinajstić information content (AvgIpc) is 3.07. The van der Waals surface area contributed by atoms with E-state index in [1.54, 1.807) is 0 Å². The fraction of sp³-hybridized carbons (Fsp3) is 0.250. The third-order valence-corrected chi connectivity index (χ3v) is 5.09. The van der Waals surface area contributed by atoms with Gasteiger partial charge in [-0.1, -0.05) is 47.1 Å². The minimum Gasteiger partial charge on any atom is -0.507 e. The number of halogens is 1. The Morgan fingerprint density at radius 3 is 2.73 bits per heavy atom. The maximum absolute atomic E-state index is 10.2. The zero-order chi connectivity index (χ0) is 18.1. The van der Waals surface area contributed by atoms with Crippen molar-refractivity contribution >= 4 is 11.6 Å². The van der Waals surface area contributed by atoms with Crippen LogP contribution in [0.4, 0.5) is 0 Å². The summed E-state index contributed by atoms with van der Waals surface area (Å²) in [6.07, 6.45) is 1.78. The summed E-state index contributed by atoms with van der Waals surface area (Å²) in [5, 5.41) is 24.1. The van der Waals surface area contributed by atoms with E-state index >= 15 is 0 Å². The molecule has 3 aromatic rings. The zero-order valence-corrected chi connectivity index (χ0v) is 14.9. The molecular formula is C20H19ClN2O3. The molecule has 0 spiro atoms. The number of hydrogen-bond donors (Lipinski definition) is 2. The quantitative estimate of drug-likeness (QED) is 0.726. The Hall–Kier alpha value is -2.50. The van der Waals surface area contributed by atoms with Gasteiger partial charge in [-0.05, 0) is 18.1 Å². The third-order valence-electron chi connectivity index (χ3n) is 4.79. The standard InChI is InChI=1S/C20H19ClN2O3/c21-16-10-14(18(24)11-19(16)25)20-15-12-23(9-7-17(15)22-26-20)8-6-13-4-2-1-3-5-13/h1-5,10-11,24-25H,6-9,12H2. The molecule has 26 heavy (non-hydrogen) atoms. The molecule has 0 atom stereocenters. The van der Waals surface area contributed by atoms with Crippen LogP contribution in [0.15, 0.2) is 47.0 Å². The van der Waals surface area contributed by atoms with E-state index in [1.165, 1.54) is 17.7 Å². The summed E-state index contributed by atoms with van der Waals surface area (Å²) < 4.78 is 5.51. The van der Waals surface area contributed by atoms with E-state index < -0.39 is 0 Å². The van der Waals surface area contributed by atoms with E-state index in [9.17, 15) is 10.2 Å². The van der Waals surface area contributed by atoms with Gasteiger partial charge < -0.3 is 14.7 Å². The Morgan fingerprint density at radius 2 is 1.92 bits per heavy atom. The number of rotatable bonds is 4. The van der Waals surface area contributed by atoms with Gasteiger partial charge in [-0.2, -0.15) is 0 Å². The molecule has 0 radical (unpaired) electrons. The summed E-state index contributed by atoms with van der Waals surface area (Å²) >= 11 is 6.00. The summed E-state index contributed by atoms with van der Waals surface area (Å²) in [6.45, 7) is 2.57.